The third-order valence-electron chi connectivity index (χ3n) is 1.84. The minimum atomic E-state index is 0.159. The maximum absolute atomic E-state index is 11.0. The molecule has 0 heterocycles. The SMILES string of the molecule is CCC(CC)CC(=O)NSC. The van der Waals surface area contributed by atoms with E-state index in [0.29, 0.717) is 12.3 Å². The van der Waals surface area contributed by atoms with Crippen LogP contribution in [0, 0.1) is 5.92 Å². The maximum Gasteiger partial charge on any atom is 0.230 e. The molecule has 1 N–H and O–H groups in total. The highest BCUT2D eigenvalue weighted by molar-refractivity contribution is 7.97. The lowest BCUT2D eigenvalue weighted by molar-refractivity contribution is -0.120. The molecular weight excluding hydrogens is 158 g/mol. The van der Waals surface area contributed by atoms with Crippen molar-refractivity contribution in [3.05, 3.63) is 0 Å². The Morgan fingerprint density at radius 2 is 2.00 bits per heavy atom. The van der Waals surface area contributed by atoms with E-state index in [9.17, 15) is 4.79 Å². The second-order valence-corrected chi connectivity index (χ2v) is 3.23. The molecule has 0 bridgehead atoms. The number of hydrogen-bond acceptors (Lipinski definition) is 2. The average Bonchev–Trinajstić information content (AvgIpc) is 2.01. The topological polar surface area (TPSA) is 29.1 Å². The van der Waals surface area contributed by atoms with Crippen LogP contribution in [0.25, 0.3) is 0 Å². The molecule has 0 radical (unpaired) electrons. The molecule has 0 spiro atoms. The van der Waals surface area contributed by atoms with Gasteiger partial charge in [0.1, 0.15) is 0 Å². The van der Waals surface area contributed by atoms with E-state index in [2.05, 4.69) is 18.6 Å². The molecule has 11 heavy (non-hydrogen) atoms. The zero-order chi connectivity index (χ0) is 8.69. The van der Waals surface area contributed by atoms with Crippen LogP contribution in [0.2, 0.25) is 0 Å². The number of rotatable bonds is 5. The number of carbonyl (C=O) groups excluding carboxylic acids is 1. The quantitative estimate of drug-likeness (QED) is 0.649. The molecule has 0 aliphatic carbocycles. The summed E-state index contributed by atoms with van der Waals surface area (Å²) < 4.78 is 2.72. The Bertz CT molecular complexity index is 113. The smallest absolute Gasteiger partial charge is 0.230 e. The summed E-state index contributed by atoms with van der Waals surface area (Å²) >= 11 is 1.37. The van der Waals surface area contributed by atoms with Crippen molar-refractivity contribution in [1.29, 1.82) is 0 Å². The van der Waals surface area contributed by atoms with Crippen LogP contribution < -0.4 is 4.72 Å². The fourth-order valence-corrected chi connectivity index (χ4v) is 1.31. The zero-order valence-corrected chi connectivity index (χ0v) is 8.33. The third-order valence-corrected chi connectivity index (χ3v) is 2.28. The van der Waals surface area contributed by atoms with Gasteiger partial charge in [-0.15, -0.1) is 0 Å². The molecule has 2 nitrogen and oxygen atoms in total. The van der Waals surface area contributed by atoms with Gasteiger partial charge in [-0.3, -0.25) is 4.79 Å². The molecule has 1 amide bonds. The highest BCUT2D eigenvalue weighted by Gasteiger charge is 2.08. The first-order chi connectivity index (χ1) is 5.24. The van der Waals surface area contributed by atoms with Crippen LogP contribution in [0.1, 0.15) is 33.1 Å². The van der Waals surface area contributed by atoms with Gasteiger partial charge in [0.25, 0.3) is 0 Å². The molecule has 66 valence electrons. The Kier molecular flexibility index (Phi) is 6.42. The van der Waals surface area contributed by atoms with E-state index < -0.39 is 0 Å². The standard InChI is InChI=1S/C8H17NOS/c1-4-7(5-2)6-8(10)9-11-3/h7H,4-6H2,1-3H3,(H,9,10). The molecular formula is C8H17NOS. The number of carbonyl (C=O) groups is 1. The first-order valence-electron chi connectivity index (χ1n) is 4.06. The molecule has 0 saturated heterocycles. The third kappa shape index (κ3) is 5.13. The van der Waals surface area contributed by atoms with Gasteiger partial charge in [-0.2, -0.15) is 0 Å². The van der Waals surface area contributed by atoms with Crippen molar-refractivity contribution in [3.8, 4) is 0 Å². The molecule has 0 aliphatic heterocycles. The summed E-state index contributed by atoms with van der Waals surface area (Å²) in [6.07, 6.45) is 4.73. The fourth-order valence-electron chi connectivity index (χ4n) is 0.995. The van der Waals surface area contributed by atoms with E-state index in [1.807, 2.05) is 6.26 Å². The number of amides is 1. The summed E-state index contributed by atoms with van der Waals surface area (Å²) in [6.45, 7) is 4.25. The van der Waals surface area contributed by atoms with Gasteiger partial charge in [0.2, 0.25) is 5.91 Å². The summed E-state index contributed by atoms with van der Waals surface area (Å²) in [4.78, 5) is 11.0. The summed E-state index contributed by atoms with van der Waals surface area (Å²) in [6, 6.07) is 0. The van der Waals surface area contributed by atoms with Crippen molar-refractivity contribution in [3.63, 3.8) is 0 Å². The van der Waals surface area contributed by atoms with Crippen LogP contribution in [0.4, 0.5) is 0 Å². The van der Waals surface area contributed by atoms with E-state index in [1.165, 1.54) is 11.9 Å². The summed E-state index contributed by atoms with van der Waals surface area (Å²) in [5.41, 5.74) is 0. The molecule has 0 unspecified atom stereocenters. The maximum atomic E-state index is 11.0. The van der Waals surface area contributed by atoms with Crippen molar-refractivity contribution in [2.45, 2.75) is 33.1 Å². The normalized spacial score (nSPS) is 10.2. The first kappa shape index (κ1) is 10.8. The van der Waals surface area contributed by atoms with Gasteiger partial charge in [-0.1, -0.05) is 38.6 Å². The Morgan fingerprint density at radius 1 is 1.45 bits per heavy atom. The Labute approximate surface area is 73.3 Å². The first-order valence-corrected chi connectivity index (χ1v) is 5.28. The lowest BCUT2D eigenvalue weighted by Gasteiger charge is -2.10. The highest BCUT2D eigenvalue weighted by atomic mass is 32.2. The summed E-state index contributed by atoms with van der Waals surface area (Å²) in [7, 11) is 0. The predicted molar refractivity (Wildman–Crippen MR) is 50.3 cm³/mol. The second-order valence-electron chi connectivity index (χ2n) is 2.62. The second kappa shape index (κ2) is 6.53. The predicted octanol–water partition coefficient (Wildman–Crippen LogP) is 2.21. The minimum absolute atomic E-state index is 0.159. The number of hydrogen-bond donors (Lipinski definition) is 1. The lowest BCUT2D eigenvalue weighted by Crippen LogP contribution is -2.18. The van der Waals surface area contributed by atoms with Crippen molar-refractivity contribution >= 4 is 17.9 Å². The molecule has 0 aromatic heterocycles. The van der Waals surface area contributed by atoms with E-state index in [1.54, 1.807) is 0 Å². The molecule has 0 aliphatic rings. The van der Waals surface area contributed by atoms with Crippen LogP contribution >= 0.6 is 11.9 Å². The largest absolute Gasteiger partial charge is 0.300 e. The molecule has 0 atom stereocenters. The summed E-state index contributed by atoms with van der Waals surface area (Å²) in [5, 5.41) is 0. The minimum Gasteiger partial charge on any atom is -0.300 e. The van der Waals surface area contributed by atoms with Crippen LogP contribution in [0.5, 0.6) is 0 Å². The van der Waals surface area contributed by atoms with Crippen LogP contribution in [-0.2, 0) is 4.79 Å². The van der Waals surface area contributed by atoms with Crippen molar-refractivity contribution in [1.82, 2.24) is 4.72 Å². The molecule has 0 aromatic carbocycles. The lowest BCUT2D eigenvalue weighted by atomic mass is 9.99. The summed E-state index contributed by atoms with van der Waals surface area (Å²) in [5.74, 6) is 0.716. The molecule has 0 aromatic rings. The van der Waals surface area contributed by atoms with Crippen LogP contribution in [0.3, 0.4) is 0 Å². The molecule has 0 fully saturated rings. The van der Waals surface area contributed by atoms with Gasteiger partial charge < -0.3 is 4.72 Å². The van der Waals surface area contributed by atoms with Gasteiger partial charge in [0, 0.05) is 12.7 Å². The van der Waals surface area contributed by atoms with Gasteiger partial charge >= 0.3 is 0 Å². The Balaban J connectivity index is 3.54. The van der Waals surface area contributed by atoms with E-state index >= 15 is 0 Å². The van der Waals surface area contributed by atoms with Gasteiger partial charge in [-0.05, 0) is 5.92 Å². The van der Waals surface area contributed by atoms with Gasteiger partial charge in [0.05, 0.1) is 0 Å². The monoisotopic (exact) mass is 175 g/mol. The Hall–Kier alpha value is -0.180. The fraction of sp³-hybridized carbons (Fsp3) is 0.875. The Morgan fingerprint density at radius 3 is 2.36 bits per heavy atom. The molecule has 0 rings (SSSR count). The zero-order valence-electron chi connectivity index (χ0n) is 7.52. The highest BCUT2D eigenvalue weighted by Crippen LogP contribution is 2.12. The van der Waals surface area contributed by atoms with E-state index in [0.717, 1.165) is 12.8 Å². The van der Waals surface area contributed by atoms with E-state index in [4.69, 9.17) is 0 Å². The van der Waals surface area contributed by atoms with Gasteiger partial charge in [-0.25, -0.2) is 0 Å². The van der Waals surface area contributed by atoms with Crippen molar-refractivity contribution < 1.29 is 4.79 Å². The molecule has 0 saturated carbocycles. The van der Waals surface area contributed by atoms with Crippen molar-refractivity contribution in [2.24, 2.45) is 5.92 Å². The van der Waals surface area contributed by atoms with Crippen LogP contribution in [-0.4, -0.2) is 12.2 Å². The van der Waals surface area contributed by atoms with E-state index in [-0.39, 0.29) is 5.91 Å². The van der Waals surface area contributed by atoms with Crippen molar-refractivity contribution in [2.75, 3.05) is 6.26 Å². The average molecular weight is 175 g/mol. The molecule has 3 heteroatoms. The van der Waals surface area contributed by atoms with Crippen LogP contribution in [0.15, 0.2) is 0 Å². The number of nitrogens with one attached hydrogen (secondary N) is 1. The van der Waals surface area contributed by atoms with Gasteiger partial charge in [0.15, 0.2) is 0 Å².